The van der Waals surface area contributed by atoms with Gasteiger partial charge < -0.3 is 4.43 Å². The summed E-state index contributed by atoms with van der Waals surface area (Å²) in [4.78, 5) is 0. The van der Waals surface area contributed by atoms with E-state index >= 15 is 0 Å². The number of allylic oxidation sites excluding steroid dienone is 1. The molecule has 0 saturated heterocycles. The summed E-state index contributed by atoms with van der Waals surface area (Å²) in [5.41, 5.74) is 3.92. The average molecular weight is 429 g/mol. The molecule has 0 radical (unpaired) electrons. The second kappa shape index (κ2) is 11.8. The van der Waals surface area contributed by atoms with Crippen LogP contribution in [0.3, 0.4) is 0 Å². The van der Waals surface area contributed by atoms with Gasteiger partial charge in [-0.25, -0.2) is 0 Å². The summed E-state index contributed by atoms with van der Waals surface area (Å²) < 4.78 is 7.18. The van der Waals surface area contributed by atoms with Crippen molar-refractivity contribution in [2.24, 2.45) is 0 Å². The van der Waals surface area contributed by atoms with E-state index in [1.165, 1.54) is 16.7 Å². The van der Waals surface area contributed by atoms with Crippen LogP contribution in [0.5, 0.6) is 0 Å². The molecule has 0 aliphatic carbocycles. The first kappa shape index (κ1) is 23.2. The molecule has 31 heavy (non-hydrogen) atoms. The molecule has 0 aliphatic heterocycles. The van der Waals surface area contributed by atoms with Gasteiger partial charge in [-0.1, -0.05) is 124 Å². The van der Waals surface area contributed by atoms with Crippen LogP contribution in [-0.2, 0) is 10.8 Å². The maximum absolute atomic E-state index is 7.18. The van der Waals surface area contributed by atoms with Crippen molar-refractivity contribution in [2.75, 3.05) is 0 Å². The van der Waals surface area contributed by atoms with Crippen molar-refractivity contribution in [3.63, 3.8) is 0 Å². The van der Waals surface area contributed by atoms with Crippen molar-refractivity contribution in [1.82, 2.24) is 0 Å². The molecule has 0 aromatic heterocycles. The van der Waals surface area contributed by atoms with E-state index in [1.807, 2.05) is 0 Å². The monoisotopic (exact) mass is 428 g/mol. The zero-order chi connectivity index (χ0) is 21.9. The zero-order valence-electron chi connectivity index (χ0n) is 19.2. The second-order valence-electron chi connectivity index (χ2n) is 8.25. The molecule has 0 saturated carbocycles. The van der Waals surface area contributed by atoms with Crippen LogP contribution in [0.4, 0.5) is 0 Å². The molecule has 0 amide bonds. The lowest BCUT2D eigenvalue weighted by Crippen LogP contribution is -2.38. The van der Waals surface area contributed by atoms with Gasteiger partial charge in [-0.15, -0.1) is 0 Å². The summed E-state index contributed by atoms with van der Waals surface area (Å²) in [6, 6.07) is 35.8. The van der Waals surface area contributed by atoms with Crippen LogP contribution in [0, 0.1) is 0 Å². The molecule has 3 aromatic carbocycles. The molecule has 2 heteroatoms. The van der Waals surface area contributed by atoms with E-state index in [4.69, 9.17) is 4.43 Å². The minimum absolute atomic E-state index is 0.0298. The predicted octanol–water partition coefficient (Wildman–Crippen LogP) is 8.33. The van der Waals surface area contributed by atoms with Gasteiger partial charge in [-0.2, -0.15) is 0 Å². The van der Waals surface area contributed by atoms with Gasteiger partial charge in [-0.05, 0) is 41.2 Å². The van der Waals surface area contributed by atoms with E-state index in [0.29, 0.717) is 0 Å². The summed E-state index contributed by atoms with van der Waals surface area (Å²) >= 11 is 0. The van der Waals surface area contributed by atoms with Gasteiger partial charge in [-0.3, -0.25) is 0 Å². The van der Waals surface area contributed by atoms with E-state index in [-0.39, 0.29) is 12.0 Å². The van der Waals surface area contributed by atoms with Crippen LogP contribution in [0.1, 0.15) is 49.5 Å². The Bertz CT molecular complexity index is 893. The fourth-order valence-electron chi connectivity index (χ4n) is 4.29. The van der Waals surface area contributed by atoms with E-state index in [2.05, 4.69) is 124 Å². The van der Waals surface area contributed by atoms with Crippen molar-refractivity contribution >= 4 is 8.32 Å². The molecule has 2 atom stereocenters. The Labute approximate surface area is 189 Å². The van der Waals surface area contributed by atoms with Crippen LogP contribution in [0.15, 0.2) is 103 Å². The van der Waals surface area contributed by atoms with Gasteiger partial charge >= 0.3 is 0 Å². The summed E-state index contributed by atoms with van der Waals surface area (Å²) in [6.45, 7) is 6.93. The lowest BCUT2D eigenvalue weighted by atomic mass is 9.88. The third-order valence-corrected chi connectivity index (χ3v) is 11.1. The fourth-order valence-corrected chi connectivity index (χ4v) is 7.11. The van der Waals surface area contributed by atoms with Crippen molar-refractivity contribution in [3.05, 3.63) is 120 Å². The lowest BCUT2D eigenvalue weighted by Gasteiger charge is -2.37. The van der Waals surface area contributed by atoms with Gasteiger partial charge in [0.05, 0.1) is 6.10 Å². The van der Waals surface area contributed by atoms with Crippen LogP contribution in [0.2, 0.25) is 18.1 Å². The first-order valence-corrected chi connectivity index (χ1v) is 14.2. The van der Waals surface area contributed by atoms with Crippen LogP contribution in [-0.4, -0.2) is 8.32 Å². The predicted molar refractivity (Wildman–Crippen MR) is 136 cm³/mol. The Morgan fingerprint density at radius 3 is 1.68 bits per heavy atom. The summed E-state index contributed by atoms with van der Waals surface area (Å²) in [5.74, 6) is 0.184. The van der Waals surface area contributed by atoms with Crippen molar-refractivity contribution in [2.45, 2.75) is 57.3 Å². The third kappa shape index (κ3) is 6.28. The summed E-state index contributed by atoms with van der Waals surface area (Å²) in [6.07, 6.45) is 5.66. The van der Waals surface area contributed by atoms with Gasteiger partial charge in [0, 0.05) is 5.92 Å². The van der Waals surface area contributed by atoms with E-state index in [0.717, 1.165) is 24.6 Å². The number of benzene rings is 3. The lowest BCUT2D eigenvalue weighted by molar-refractivity contribution is 0.174. The summed E-state index contributed by atoms with van der Waals surface area (Å²) in [5, 5.41) is 0. The van der Waals surface area contributed by atoms with E-state index in [1.54, 1.807) is 0 Å². The smallest absolute Gasteiger partial charge is 0.192 e. The van der Waals surface area contributed by atoms with Crippen LogP contribution in [0.25, 0.3) is 0 Å². The molecule has 0 heterocycles. The first-order valence-electron chi connectivity index (χ1n) is 11.7. The minimum atomic E-state index is -1.80. The quantitative estimate of drug-likeness (QED) is 0.220. The van der Waals surface area contributed by atoms with Crippen molar-refractivity contribution in [1.29, 1.82) is 0 Å². The SMILES string of the molecule is CC[Si](CC)(CC)O[C@H](c1ccccc1)[C@H](/C=C\Cc1ccccc1)c1ccccc1. The minimum Gasteiger partial charge on any atom is -0.409 e. The Morgan fingerprint density at radius 2 is 1.16 bits per heavy atom. The molecule has 1 nitrogen and oxygen atoms in total. The molecule has 0 spiro atoms. The number of hydrogen-bond donors (Lipinski definition) is 0. The highest BCUT2D eigenvalue weighted by Crippen LogP contribution is 2.40. The standard InChI is InChI=1S/C29H36OSi/c1-4-31(5-2,6-3)30-29(27-22-14-9-15-23-27)28(26-20-12-8-13-21-26)24-16-19-25-17-10-7-11-18-25/h7-18,20-24,28-29H,4-6,19H2,1-3H3/b24-16-/t28-,29-/m1/s1. The van der Waals surface area contributed by atoms with Crippen molar-refractivity contribution in [3.8, 4) is 0 Å². The van der Waals surface area contributed by atoms with E-state index in [9.17, 15) is 0 Å². The summed E-state index contributed by atoms with van der Waals surface area (Å²) in [7, 11) is -1.80. The zero-order valence-corrected chi connectivity index (χ0v) is 20.2. The van der Waals surface area contributed by atoms with Crippen molar-refractivity contribution < 1.29 is 4.43 Å². The highest BCUT2D eigenvalue weighted by molar-refractivity contribution is 6.73. The number of rotatable bonds is 11. The Hall–Kier alpha value is -2.42. The molecule has 3 rings (SSSR count). The molecule has 0 bridgehead atoms. The third-order valence-electron chi connectivity index (χ3n) is 6.49. The molecule has 0 unspecified atom stereocenters. The van der Waals surface area contributed by atoms with Gasteiger partial charge in [0.15, 0.2) is 8.32 Å². The topological polar surface area (TPSA) is 9.23 Å². The molecule has 0 aliphatic rings. The maximum atomic E-state index is 7.18. The van der Waals surface area contributed by atoms with Gasteiger partial charge in [0.2, 0.25) is 0 Å². The Morgan fingerprint density at radius 1 is 0.677 bits per heavy atom. The highest BCUT2D eigenvalue weighted by Gasteiger charge is 2.35. The Kier molecular flexibility index (Phi) is 8.87. The van der Waals surface area contributed by atoms with Gasteiger partial charge in [0.1, 0.15) is 0 Å². The fraction of sp³-hybridized carbons (Fsp3) is 0.310. The largest absolute Gasteiger partial charge is 0.409 e. The molecule has 3 aromatic rings. The highest BCUT2D eigenvalue weighted by atomic mass is 28.4. The molecular formula is C29H36OSi. The molecule has 162 valence electrons. The van der Waals surface area contributed by atoms with E-state index < -0.39 is 8.32 Å². The average Bonchev–Trinajstić information content (AvgIpc) is 2.85. The second-order valence-corrected chi connectivity index (χ2v) is 13.0. The Balaban J connectivity index is 2.00. The number of hydrogen-bond acceptors (Lipinski definition) is 1. The molecule has 0 N–H and O–H groups in total. The normalized spacial score (nSPS) is 13.9. The van der Waals surface area contributed by atoms with Crippen LogP contribution < -0.4 is 0 Å². The molecule has 0 fully saturated rings. The van der Waals surface area contributed by atoms with Crippen LogP contribution >= 0.6 is 0 Å². The first-order chi connectivity index (χ1) is 15.2. The van der Waals surface area contributed by atoms with Gasteiger partial charge in [0.25, 0.3) is 0 Å². The maximum Gasteiger partial charge on any atom is 0.192 e. The molecular weight excluding hydrogens is 392 g/mol.